The van der Waals surface area contributed by atoms with Crippen molar-refractivity contribution in [2.75, 3.05) is 0 Å². The topological polar surface area (TPSA) is 94.0 Å². The number of halogens is 3. The van der Waals surface area contributed by atoms with E-state index in [1.54, 1.807) is 20.8 Å². The van der Waals surface area contributed by atoms with Gasteiger partial charge < -0.3 is 9.52 Å². The molecule has 0 bridgehead atoms. The highest BCUT2D eigenvalue weighted by atomic mass is 35.5. The molecule has 7 nitrogen and oxygen atoms in total. The molecular formula is C15H11Cl3N4O3. The van der Waals surface area contributed by atoms with Crippen LogP contribution in [0.25, 0.3) is 17.1 Å². The van der Waals surface area contributed by atoms with Crippen LogP contribution in [0.2, 0.25) is 15.2 Å². The van der Waals surface area contributed by atoms with Crippen molar-refractivity contribution in [3.8, 4) is 23.0 Å². The molecule has 0 unspecified atom stereocenters. The van der Waals surface area contributed by atoms with Gasteiger partial charge in [0, 0.05) is 15.6 Å². The summed E-state index contributed by atoms with van der Waals surface area (Å²) in [7, 11) is 0. The van der Waals surface area contributed by atoms with E-state index in [4.69, 9.17) is 39.2 Å². The lowest BCUT2D eigenvalue weighted by Gasteiger charge is -2.14. The van der Waals surface area contributed by atoms with Gasteiger partial charge in [-0.15, -0.1) is 10.2 Å². The maximum Gasteiger partial charge on any atom is 0.428 e. The summed E-state index contributed by atoms with van der Waals surface area (Å²) in [6.07, 6.45) is 1.11. The molecule has 25 heavy (non-hydrogen) atoms. The minimum atomic E-state index is -0.900. The summed E-state index contributed by atoms with van der Waals surface area (Å²) in [6, 6.07) is 0. The zero-order valence-electron chi connectivity index (χ0n) is 13.3. The molecule has 0 aliphatic carbocycles. The third-order valence-electron chi connectivity index (χ3n) is 3.85. The Kier molecular flexibility index (Phi) is 4.49. The molecule has 130 valence electrons. The van der Waals surface area contributed by atoms with Gasteiger partial charge in [0.05, 0.1) is 0 Å². The first-order chi connectivity index (χ1) is 11.8. The van der Waals surface area contributed by atoms with Crippen LogP contribution in [0.5, 0.6) is 5.88 Å². The fraction of sp³-hybridized carbons (Fsp3) is 0.200. The zero-order chi connectivity index (χ0) is 18.5. The second-order valence-electron chi connectivity index (χ2n) is 5.31. The number of aromatic hydroxyl groups is 1. The summed E-state index contributed by atoms with van der Waals surface area (Å²) in [4.78, 5) is 16.0. The van der Waals surface area contributed by atoms with Crippen LogP contribution >= 0.6 is 34.8 Å². The summed E-state index contributed by atoms with van der Waals surface area (Å²) in [5.41, 5.74) is 2.34. The highest BCUT2D eigenvalue weighted by Gasteiger charge is 2.27. The maximum absolute atomic E-state index is 12.3. The average molecular weight is 402 g/mol. The van der Waals surface area contributed by atoms with Crippen molar-refractivity contribution in [2.24, 2.45) is 0 Å². The van der Waals surface area contributed by atoms with Gasteiger partial charge in [0.2, 0.25) is 17.5 Å². The van der Waals surface area contributed by atoms with Gasteiger partial charge in [0.15, 0.2) is 5.15 Å². The molecule has 1 N–H and O–H groups in total. The van der Waals surface area contributed by atoms with Gasteiger partial charge in [-0.05, 0) is 37.5 Å². The van der Waals surface area contributed by atoms with E-state index in [2.05, 4.69) is 15.2 Å². The monoisotopic (exact) mass is 400 g/mol. The standard InChI is InChI=1S/C15H11Cl3N4O3/c1-5-8(6(2)10(17)7(3)9(5)16)11-14(23)22(15(24)25-11)13-12(18)19-4-20-21-13/h4,23H,1-3H3. The van der Waals surface area contributed by atoms with E-state index in [-0.39, 0.29) is 16.7 Å². The SMILES string of the molecule is Cc1c(Cl)c(C)c(-c2oc(=O)n(-c3nncnc3Cl)c2O)c(C)c1Cl. The molecule has 2 heterocycles. The number of oxazole rings is 1. The van der Waals surface area contributed by atoms with Gasteiger partial charge in [0.25, 0.3) is 0 Å². The third-order valence-corrected chi connectivity index (χ3v) is 5.25. The fourth-order valence-electron chi connectivity index (χ4n) is 2.61. The fourth-order valence-corrected chi connectivity index (χ4v) is 3.20. The first-order valence-electron chi connectivity index (χ1n) is 6.99. The molecular weight excluding hydrogens is 391 g/mol. The summed E-state index contributed by atoms with van der Waals surface area (Å²) in [5, 5.41) is 18.6. The summed E-state index contributed by atoms with van der Waals surface area (Å²) >= 11 is 18.5. The van der Waals surface area contributed by atoms with Crippen molar-refractivity contribution in [3.05, 3.63) is 48.8 Å². The van der Waals surface area contributed by atoms with Gasteiger partial charge in [-0.2, -0.15) is 4.57 Å². The quantitative estimate of drug-likeness (QED) is 0.700. The van der Waals surface area contributed by atoms with Crippen LogP contribution in [-0.2, 0) is 0 Å². The number of aromatic nitrogens is 4. The minimum absolute atomic E-state index is 0.0921. The molecule has 0 amide bonds. The van der Waals surface area contributed by atoms with Crippen molar-refractivity contribution >= 4 is 34.8 Å². The Morgan fingerprint density at radius 1 is 1.08 bits per heavy atom. The Bertz CT molecular complexity index is 1030. The number of rotatable bonds is 2. The molecule has 10 heteroatoms. The van der Waals surface area contributed by atoms with Gasteiger partial charge in [-0.3, -0.25) is 0 Å². The van der Waals surface area contributed by atoms with Crippen LogP contribution in [0.15, 0.2) is 15.5 Å². The lowest BCUT2D eigenvalue weighted by atomic mass is 9.97. The van der Waals surface area contributed by atoms with Crippen molar-refractivity contribution in [2.45, 2.75) is 20.8 Å². The van der Waals surface area contributed by atoms with E-state index in [0.717, 1.165) is 10.9 Å². The molecule has 0 aliphatic heterocycles. The van der Waals surface area contributed by atoms with E-state index in [1.165, 1.54) is 0 Å². The van der Waals surface area contributed by atoms with Crippen molar-refractivity contribution in [3.63, 3.8) is 0 Å². The number of hydrogen-bond acceptors (Lipinski definition) is 6. The second kappa shape index (κ2) is 6.33. The Hall–Kier alpha value is -2.09. The molecule has 0 atom stereocenters. The van der Waals surface area contributed by atoms with Crippen LogP contribution in [0.4, 0.5) is 0 Å². The Morgan fingerprint density at radius 3 is 2.24 bits per heavy atom. The Morgan fingerprint density at radius 2 is 1.68 bits per heavy atom. The van der Waals surface area contributed by atoms with Gasteiger partial charge >= 0.3 is 5.76 Å². The average Bonchev–Trinajstić information content (AvgIpc) is 2.87. The van der Waals surface area contributed by atoms with E-state index >= 15 is 0 Å². The first-order valence-corrected chi connectivity index (χ1v) is 8.12. The predicted octanol–water partition coefficient (Wildman–Crippen LogP) is 3.87. The summed E-state index contributed by atoms with van der Waals surface area (Å²) < 4.78 is 6.01. The van der Waals surface area contributed by atoms with Crippen LogP contribution in [0.1, 0.15) is 16.7 Å². The highest BCUT2D eigenvalue weighted by Crippen LogP contribution is 2.42. The van der Waals surface area contributed by atoms with Crippen LogP contribution in [0.3, 0.4) is 0 Å². The van der Waals surface area contributed by atoms with E-state index in [1.807, 2.05) is 0 Å². The number of nitrogens with zero attached hydrogens (tertiary/aromatic N) is 4. The van der Waals surface area contributed by atoms with E-state index < -0.39 is 11.6 Å². The van der Waals surface area contributed by atoms with E-state index in [9.17, 15) is 9.90 Å². The minimum Gasteiger partial charge on any atom is -0.491 e. The first kappa shape index (κ1) is 17.7. The number of benzene rings is 1. The summed E-state index contributed by atoms with van der Waals surface area (Å²) in [6.45, 7) is 5.25. The lowest BCUT2D eigenvalue weighted by Crippen LogP contribution is -2.14. The van der Waals surface area contributed by atoms with Crippen LogP contribution in [0, 0.1) is 20.8 Å². The maximum atomic E-state index is 12.3. The second-order valence-corrected chi connectivity index (χ2v) is 6.42. The molecule has 0 fully saturated rings. The van der Waals surface area contributed by atoms with E-state index in [0.29, 0.717) is 32.3 Å². The molecule has 1 aromatic carbocycles. The molecule has 2 aromatic heterocycles. The molecule has 0 radical (unpaired) electrons. The highest BCUT2D eigenvalue weighted by molar-refractivity contribution is 6.37. The number of hydrogen-bond donors (Lipinski definition) is 1. The smallest absolute Gasteiger partial charge is 0.428 e. The zero-order valence-corrected chi connectivity index (χ0v) is 15.5. The summed E-state index contributed by atoms with van der Waals surface area (Å²) in [5.74, 6) is -1.65. The molecule has 3 aromatic rings. The predicted molar refractivity (Wildman–Crippen MR) is 94.0 cm³/mol. The molecule has 0 spiro atoms. The molecule has 0 aliphatic rings. The normalized spacial score (nSPS) is 11.1. The van der Waals surface area contributed by atoms with Crippen LogP contribution in [-0.4, -0.2) is 24.9 Å². The van der Waals surface area contributed by atoms with Crippen molar-refractivity contribution in [1.29, 1.82) is 0 Å². The van der Waals surface area contributed by atoms with Gasteiger partial charge in [0.1, 0.15) is 6.33 Å². The van der Waals surface area contributed by atoms with Crippen molar-refractivity contribution in [1.82, 2.24) is 19.7 Å². The third kappa shape index (κ3) is 2.68. The largest absolute Gasteiger partial charge is 0.491 e. The Balaban J connectivity index is 2.35. The van der Waals surface area contributed by atoms with Crippen LogP contribution < -0.4 is 5.76 Å². The molecule has 3 rings (SSSR count). The Labute approximate surface area is 156 Å². The van der Waals surface area contributed by atoms with Crippen molar-refractivity contribution < 1.29 is 9.52 Å². The molecule has 0 saturated heterocycles. The van der Waals surface area contributed by atoms with Gasteiger partial charge in [-0.1, -0.05) is 34.8 Å². The van der Waals surface area contributed by atoms with Gasteiger partial charge in [-0.25, -0.2) is 9.78 Å². The lowest BCUT2D eigenvalue weighted by molar-refractivity contribution is 0.440. The molecule has 0 saturated carbocycles.